The molecule has 0 amide bonds. The first kappa shape index (κ1) is 14.7. The lowest BCUT2D eigenvalue weighted by Crippen LogP contribution is -2.36. The Morgan fingerprint density at radius 2 is 1.83 bits per heavy atom. The van der Waals surface area contributed by atoms with Gasteiger partial charge in [0.2, 0.25) is 0 Å². The van der Waals surface area contributed by atoms with E-state index in [1.807, 2.05) is 38.1 Å². The first-order valence-electron chi connectivity index (χ1n) is 5.97. The molecule has 0 saturated heterocycles. The molecule has 2 N–H and O–H groups in total. The molecule has 18 heavy (non-hydrogen) atoms. The molecule has 0 aromatic heterocycles. The highest BCUT2D eigenvalue weighted by molar-refractivity contribution is 5.76. The van der Waals surface area contributed by atoms with Crippen molar-refractivity contribution in [2.24, 2.45) is 5.41 Å². The number of carbonyl (C=O) groups is 1. The Kier molecular flexibility index (Phi) is 5.31. The molecule has 0 heterocycles. The number of nitrogens with one attached hydrogen (secondary N) is 1. The molecule has 0 saturated carbocycles. The third-order valence-corrected chi connectivity index (χ3v) is 2.84. The number of esters is 1. The second kappa shape index (κ2) is 6.52. The highest BCUT2D eigenvalue weighted by Gasteiger charge is 2.27. The van der Waals surface area contributed by atoms with Gasteiger partial charge in [-0.05, 0) is 25.0 Å². The molecular weight excluding hydrogens is 230 g/mol. The molecule has 0 aliphatic heterocycles. The van der Waals surface area contributed by atoms with Gasteiger partial charge in [-0.15, -0.1) is 0 Å². The summed E-state index contributed by atoms with van der Waals surface area (Å²) in [4.78, 5) is 11.5. The zero-order valence-corrected chi connectivity index (χ0v) is 11.2. The van der Waals surface area contributed by atoms with Crippen LogP contribution in [0.2, 0.25) is 0 Å². The van der Waals surface area contributed by atoms with Gasteiger partial charge in [0.25, 0.3) is 0 Å². The fourth-order valence-electron chi connectivity index (χ4n) is 1.63. The fourth-order valence-corrected chi connectivity index (χ4v) is 1.63. The van der Waals surface area contributed by atoms with Gasteiger partial charge in [0.15, 0.2) is 0 Å². The van der Waals surface area contributed by atoms with Crippen LogP contribution in [0.15, 0.2) is 24.3 Å². The summed E-state index contributed by atoms with van der Waals surface area (Å²) >= 11 is 0. The third kappa shape index (κ3) is 4.13. The number of hydrogen-bond donors (Lipinski definition) is 2. The quantitative estimate of drug-likeness (QED) is 0.752. The molecule has 0 atom stereocenters. The van der Waals surface area contributed by atoms with Gasteiger partial charge in [-0.3, -0.25) is 4.79 Å². The maximum Gasteiger partial charge on any atom is 0.312 e. The lowest BCUT2D eigenvalue weighted by Gasteiger charge is -2.21. The van der Waals surface area contributed by atoms with Crippen LogP contribution >= 0.6 is 0 Å². The monoisotopic (exact) mass is 251 g/mol. The zero-order chi connectivity index (χ0) is 13.6. The van der Waals surface area contributed by atoms with Crippen molar-refractivity contribution in [3.05, 3.63) is 35.4 Å². The standard InChI is InChI=1S/C14H21NO3/c1-14(2,13(17)18-3)10-15-8-11-4-6-12(9-16)7-5-11/h4-7,15-16H,8-10H2,1-3H3. The van der Waals surface area contributed by atoms with Crippen LogP contribution in [0, 0.1) is 5.41 Å². The highest BCUT2D eigenvalue weighted by atomic mass is 16.5. The van der Waals surface area contributed by atoms with Crippen LogP contribution in [0.4, 0.5) is 0 Å². The van der Waals surface area contributed by atoms with Gasteiger partial charge in [0.05, 0.1) is 19.1 Å². The Hall–Kier alpha value is -1.39. The Balaban J connectivity index is 2.43. The number of aliphatic hydroxyl groups excluding tert-OH is 1. The number of benzene rings is 1. The predicted molar refractivity (Wildman–Crippen MR) is 69.9 cm³/mol. The van der Waals surface area contributed by atoms with Gasteiger partial charge < -0.3 is 15.2 Å². The average Bonchev–Trinajstić information content (AvgIpc) is 2.38. The van der Waals surface area contributed by atoms with E-state index in [1.54, 1.807) is 0 Å². The number of methoxy groups -OCH3 is 1. The van der Waals surface area contributed by atoms with Crippen molar-refractivity contribution in [3.8, 4) is 0 Å². The van der Waals surface area contributed by atoms with Gasteiger partial charge in [-0.2, -0.15) is 0 Å². The number of aliphatic hydroxyl groups is 1. The molecule has 0 radical (unpaired) electrons. The van der Waals surface area contributed by atoms with Crippen molar-refractivity contribution >= 4 is 5.97 Å². The van der Waals surface area contributed by atoms with Gasteiger partial charge >= 0.3 is 5.97 Å². The molecule has 0 spiro atoms. The van der Waals surface area contributed by atoms with Crippen LogP contribution in [0.5, 0.6) is 0 Å². The van der Waals surface area contributed by atoms with E-state index in [2.05, 4.69) is 5.32 Å². The summed E-state index contributed by atoms with van der Waals surface area (Å²) < 4.78 is 4.74. The van der Waals surface area contributed by atoms with Crippen LogP contribution in [0.1, 0.15) is 25.0 Å². The van der Waals surface area contributed by atoms with Crippen LogP contribution < -0.4 is 5.32 Å². The van der Waals surface area contributed by atoms with Crippen molar-refractivity contribution in [3.63, 3.8) is 0 Å². The van der Waals surface area contributed by atoms with Crippen LogP contribution in [0.3, 0.4) is 0 Å². The molecular formula is C14H21NO3. The average molecular weight is 251 g/mol. The molecule has 1 aromatic carbocycles. The van der Waals surface area contributed by atoms with Gasteiger partial charge in [0, 0.05) is 13.1 Å². The van der Waals surface area contributed by atoms with E-state index in [0.717, 1.165) is 11.1 Å². The minimum atomic E-state index is -0.528. The Labute approximate surface area is 108 Å². The lowest BCUT2D eigenvalue weighted by atomic mass is 9.93. The van der Waals surface area contributed by atoms with Gasteiger partial charge in [-0.1, -0.05) is 24.3 Å². The van der Waals surface area contributed by atoms with Gasteiger partial charge in [-0.25, -0.2) is 0 Å². The van der Waals surface area contributed by atoms with Crippen LogP contribution in [-0.4, -0.2) is 24.7 Å². The molecule has 0 fully saturated rings. The van der Waals surface area contributed by atoms with Crippen molar-refractivity contribution < 1.29 is 14.6 Å². The maximum atomic E-state index is 11.5. The molecule has 0 aliphatic carbocycles. The zero-order valence-electron chi connectivity index (χ0n) is 11.2. The second-order valence-electron chi connectivity index (χ2n) is 4.95. The minimum absolute atomic E-state index is 0.0586. The van der Waals surface area contributed by atoms with Crippen molar-refractivity contribution in [2.75, 3.05) is 13.7 Å². The molecule has 1 aromatic rings. The molecule has 4 heteroatoms. The van der Waals surface area contributed by atoms with E-state index >= 15 is 0 Å². The second-order valence-corrected chi connectivity index (χ2v) is 4.95. The summed E-state index contributed by atoms with van der Waals surface area (Å²) in [5.41, 5.74) is 1.49. The number of carbonyl (C=O) groups excluding carboxylic acids is 1. The summed E-state index contributed by atoms with van der Waals surface area (Å²) in [7, 11) is 1.40. The van der Waals surface area contributed by atoms with E-state index in [4.69, 9.17) is 9.84 Å². The summed E-state index contributed by atoms with van der Waals surface area (Å²) in [6.45, 7) is 5.00. The Morgan fingerprint density at radius 1 is 1.28 bits per heavy atom. The summed E-state index contributed by atoms with van der Waals surface area (Å²) in [6.07, 6.45) is 0. The van der Waals surface area contributed by atoms with E-state index in [-0.39, 0.29) is 12.6 Å². The van der Waals surface area contributed by atoms with Crippen molar-refractivity contribution in [1.29, 1.82) is 0 Å². The fraction of sp³-hybridized carbons (Fsp3) is 0.500. The molecule has 0 bridgehead atoms. The van der Waals surface area contributed by atoms with Crippen LogP contribution in [0.25, 0.3) is 0 Å². The topological polar surface area (TPSA) is 58.6 Å². The van der Waals surface area contributed by atoms with E-state index in [9.17, 15) is 4.79 Å². The lowest BCUT2D eigenvalue weighted by molar-refractivity contribution is -0.150. The summed E-state index contributed by atoms with van der Waals surface area (Å²) in [6, 6.07) is 7.71. The van der Waals surface area contributed by atoms with E-state index in [1.165, 1.54) is 7.11 Å². The molecule has 0 unspecified atom stereocenters. The number of rotatable bonds is 6. The molecule has 1 rings (SSSR count). The first-order valence-corrected chi connectivity index (χ1v) is 5.97. The summed E-state index contributed by atoms with van der Waals surface area (Å²) in [5.74, 6) is -0.217. The van der Waals surface area contributed by atoms with E-state index in [0.29, 0.717) is 13.1 Å². The first-order chi connectivity index (χ1) is 8.49. The molecule has 0 aliphatic rings. The van der Waals surface area contributed by atoms with Crippen LogP contribution in [-0.2, 0) is 22.7 Å². The highest BCUT2D eigenvalue weighted by Crippen LogP contribution is 2.15. The van der Waals surface area contributed by atoms with Crippen molar-refractivity contribution in [2.45, 2.75) is 27.0 Å². The Morgan fingerprint density at radius 3 is 2.33 bits per heavy atom. The normalized spacial score (nSPS) is 11.3. The minimum Gasteiger partial charge on any atom is -0.469 e. The number of ether oxygens (including phenoxy) is 1. The predicted octanol–water partition coefficient (Wildman–Crippen LogP) is 1.47. The third-order valence-electron chi connectivity index (χ3n) is 2.84. The van der Waals surface area contributed by atoms with Crippen molar-refractivity contribution in [1.82, 2.24) is 5.32 Å². The molecule has 4 nitrogen and oxygen atoms in total. The molecule has 100 valence electrons. The summed E-state index contributed by atoms with van der Waals surface area (Å²) in [5, 5.41) is 12.2. The maximum absolute atomic E-state index is 11.5. The number of hydrogen-bond acceptors (Lipinski definition) is 4. The van der Waals surface area contributed by atoms with E-state index < -0.39 is 5.41 Å². The smallest absolute Gasteiger partial charge is 0.312 e. The van der Waals surface area contributed by atoms with Gasteiger partial charge in [0.1, 0.15) is 0 Å². The SMILES string of the molecule is COC(=O)C(C)(C)CNCc1ccc(CO)cc1. The Bertz CT molecular complexity index is 385. The largest absolute Gasteiger partial charge is 0.469 e.